The largest absolute Gasteiger partial charge is 0.465 e. The lowest BCUT2D eigenvalue weighted by Gasteiger charge is -2.48. The molecular formula is C15H22N2O2. The maximum Gasteiger partial charge on any atom is 0.337 e. The average Bonchev–Trinajstić information content (AvgIpc) is 2.37. The summed E-state index contributed by atoms with van der Waals surface area (Å²) in [5.74, 6) is -0.292. The molecule has 1 atom stereocenters. The molecule has 0 saturated carbocycles. The Balaban J connectivity index is 2.27. The van der Waals surface area contributed by atoms with Gasteiger partial charge in [-0.05, 0) is 45.0 Å². The van der Waals surface area contributed by atoms with E-state index in [0.29, 0.717) is 11.6 Å². The van der Waals surface area contributed by atoms with Gasteiger partial charge in [0.25, 0.3) is 0 Å². The lowest BCUT2D eigenvalue weighted by molar-refractivity contribution is 0.0601. The first kappa shape index (κ1) is 13.9. The maximum absolute atomic E-state index is 11.4. The summed E-state index contributed by atoms with van der Waals surface area (Å²) in [5, 5.41) is 3.45. The number of ether oxygens (including phenoxy) is 1. The van der Waals surface area contributed by atoms with Gasteiger partial charge < -0.3 is 15.0 Å². The van der Waals surface area contributed by atoms with Gasteiger partial charge in [0.15, 0.2) is 0 Å². The van der Waals surface area contributed by atoms with Gasteiger partial charge in [-0.25, -0.2) is 4.79 Å². The SMILES string of the molecule is COC(=O)c1ccc(N2C(C)CNCC2(C)C)cc1. The fourth-order valence-corrected chi connectivity index (χ4v) is 2.84. The maximum atomic E-state index is 11.4. The predicted octanol–water partition coefficient (Wildman–Crippen LogP) is 2.05. The van der Waals surface area contributed by atoms with Crippen molar-refractivity contribution in [2.45, 2.75) is 32.4 Å². The molecule has 1 heterocycles. The molecule has 2 rings (SSSR count). The zero-order valence-electron chi connectivity index (χ0n) is 12.1. The molecule has 4 heteroatoms. The molecule has 1 saturated heterocycles. The summed E-state index contributed by atoms with van der Waals surface area (Å²) in [5.41, 5.74) is 1.79. The first-order chi connectivity index (χ1) is 8.95. The Morgan fingerprint density at radius 1 is 1.37 bits per heavy atom. The zero-order valence-corrected chi connectivity index (χ0v) is 12.1. The normalized spacial score (nSPS) is 22.1. The summed E-state index contributed by atoms with van der Waals surface area (Å²) in [4.78, 5) is 13.9. The summed E-state index contributed by atoms with van der Waals surface area (Å²) in [6.07, 6.45) is 0. The van der Waals surface area contributed by atoms with Crippen molar-refractivity contribution in [2.75, 3.05) is 25.1 Å². The minimum absolute atomic E-state index is 0.0600. The Hall–Kier alpha value is -1.55. The van der Waals surface area contributed by atoms with Gasteiger partial charge in [0.2, 0.25) is 0 Å². The molecule has 0 amide bonds. The van der Waals surface area contributed by atoms with Crippen molar-refractivity contribution in [3.63, 3.8) is 0 Å². The molecule has 1 unspecified atom stereocenters. The summed E-state index contributed by atoms with van der Waals surface area (Å²) in [7, 11) is 1.40. The highest BCUT2D eigenvalue weighted by molar-refractivity contribution is 5.89. The Kier molecular flexibility index (Phi) is 3.80. The third-order valence-corrected chi connectivity index (χ3v) is 3.66. The van der Waals surface area contributed by atoms with Gasteiger partial charge >= 0.3 is 5.97 Å². The quantitative estimate of drug-likeness (QED) is 0.828. The molecular weight excluding hydrogens is 240 g/mol. The van der Waals surface area contributed by atoms with E-state index in [1.807, 2.05) is 24.3 Å². The molecule has 4 nitrogen and oxygen atoms in total. The number of nitrogens with zero attached hydrogens (tertiary/aromatic N) is 1. The fraction of sp³-hybridized carbons (Fsp3) is 0.533. The summed E-state index contributed by atoms with van der Waals surface area (Å²) in [6, 6.07) is 8.07. The van der Waals surface area contributed by atoms with Crippen LogP contribution in [0.3, 0.4) is 0 Å². The number of rotatable bonds is 2. The minimum atomic E-state index is -0.292. The fourth-order valence-electron chi connectivity index (χ4n) is 2.84. The predicted molar refractivity (Wildman–Crippen MR) is 76.7 cm³/mol. The topological polar surface area (TPSA) is 41.6 Å². The number of nitrogens with one attached hydrogen (secondary N) is 1. The average molecular weight is 262 g/mol. The molecule has 104 valence electrons. The number of methoxy groups -OCH3 is 1. The van der Waals surface area contributed by atoms with Gasteiger partial charge in [0.05, 0.1) is 12.7 Å². The highest BCUT2D eigenvalue weighted by atomic mass is 16.5. The number of esters is 1. The number of hydrogen-bond donors (Lipinski definition) is 1. The van der Waals surface area contributed by atoms with Crippen LogP contribution in [0, 0.1) is 0 Å². The van der Waals surface area contributed by atoms with Gasteiger partial charge in [-0.3, -0.25) is 0 Å². The van der Waals surface area contributed by atoms with Gasteiger partial charge in [0, 0.05) is 30.4 Å². The van der Waals surface area contributed by atoms with Gasteiger partial charge in [-0.1, -0.05) is 0 Å². The van der Waals surface area contributed by atoms with E-state index < -0.39 is 0 Å². The Morgan fingerprint density at radius 3 is 2.53 bits per heavy atom. The Bertz CT molecular complexity index is 454. The van der Waals surface area contributed by atoms with Crippen molar-refractivity contribution in [3.05, 3.63) is 29.8 Å². The van der Waals surface area contributed by atoms with E-state index in [0.717, 1.165) is 18.8 Å². The van der Waals surface area contributed by atoms with E-state index in [1.54, 1.807) is 0 Å². The molecule has 0 aliphatic carbocycles. The second-order valence-electron chi connectivity index (χ2n) is 5.70. The van der Waals surface area contributed by atoms with Gasteiger partial charge in [-0.15, -0.1) is 0 Å². The van der Waals surface area contributed by atoms with Crippen LogP contribution in [-0.2, 0) is 4.74 Å². The van der Waals surface area contributed by atoms with Crippen molar-refractivity contribution in [2.24, 2.45) is 0 Å². The molecule has 0 bridgehead atoms. The smallest absolute Gasteiger partial charge is 0.337 e. The van der Waals surface area contributed by atoms with Crippen molar-refractivity contribution < 1.29 is 9.53 Å². The minimum Gasteiger partial charge on any atom is -0.465 e. The monoisotopic (exact) mass is 262 g/mol. The number of carbonyl (C=O) groups is 1. The van der Waals surface area contributed by atoms with Gasteiger partial charge in [-0.2, -0.15) is 0 Å². The summed E-state index contributed by atoms with van der Waals surface area (Å²) < 4.78 is 4.72. The molecule has 19 heavy (non-hydrogen) atoms. The van der Waals surface area contributed by atoms with E-state index in [1.165, 1.54) is 7.11 Å². The first-order valence-electron chi connectivity index (χ1n) is 6.64. The Morgan fingerprint density at radius 2 is 2.00 bits per heavy atom. The van der Waals surface area contributed by atoms with Crippen LogP contribution in [0.2, 0.25) is 0 Å². The lowest BCUT2D eigenvalue weighted by atomic mass is 9.95. The number of hydrogen-bond acceptors (Lipinski definition) is 4. The highest BCUT2D eigenvalue weighted by Crippen LogP contribution is 2.28. The molecule has 1 aliphatic heterocycles. The van der Waals surface area contributed by atoms with Crippen LogP contribution in [0.1, 0.15) is 31.1 Å². The molecule has 1 aromatic carbocycles. The molecule has 1 N–H and O–H groups in total. The molecule has 0 spiro atoms. The standard InChI is InChI=1S/C15H22N2O2/c1-11-9-16-10-15(2,3)17(11)13-7-5-12(6-8-13)14(18)19-4/h5-8,11,16H,9-10H2,1-4H3. The van der Waals surface area contributed by atoms with Crippen LogP contribution >= 0.6 is 0 Å². The number of carbonyl (C=O) groups excluding carboxylic acids is 1. The zero-order chi connectivity index (χ0) is 14.0. The highest BCUT2D eigenvalue weighted by Gasteiger charge is 2.34. The van der Waals surface area contributed by atoms with Crippen LogP contribution < -0.4 is 10.2 Å². The van der Waals surface area contributed by atoms with Crippen LogP contribution in [0.5, 0.6) is 0 Å². The third kappa shape index (κ3) is 2.73. The Labute approximate surface area is 114 Å². The van der Waals surface area contributed by atoms with Crippen molar-refractivity contribution >= 4 is 11.7 Å². The van der Waals surface area contributed by atoms with Crippen molar-refractivity contribution in [3.8, 4) is 0 Å². The molecule has 0 radical (unpaired) electrons. The van der Waals surface area contributed by atoms with E-state index in [-0.39, 0.29) is 11.5 Å². The van der Waals surface area contributed by atoms with Crippen LogP contribution in [0.25, 0.3) is 0 Å². The van der Waals surface area contributed by atoms with E-state index in [9.17, 15) is 4.79 Å². The first-order valence-corrected chi connectivity index (χ1v) is 6.64. The second-order valence-corrected chi connectivity index (χ2v) is 5.70. The van der Waals surface area contributed by atoms with Crippen LogP contribution in [-0.4, -0.2) is 37.7 Å². The molecule has 1 fully saturated rings. The second kappa shape index (κ2) is 5.21. The number of piperazine rings is 1. The lowest BCUT2D eigenvalue weighted by Crippen LogP contribution is -2.62. The van der Waals surface area contributed by atoms with Crippen LogP contribution in [0.15, 0.2) is 24.3 Å². The number of anilines is 1. The molecule has 1 aromatic rings. The summed E-state index contributed by atoms with van der Waals surface area (Å²) >= 11 is 0. The van der Waals surface area contributed by atoms with E-state index in [4.69, 9.17) is 4.74 Å². The molecule has 1 aliphatic rings. The van der Waals surface area contributed by atoms with E-state index >= 15 is 0 Å². The third-order valence-electron chi connectivity index (χ3n) is 3.66. The van der Waals surface area contributed by atoms with Crippen molar-refractivity contribution in [1.29, 1.82) is 0 Å². The number of benzene rings is 1. The van der Waals surface area contributed by atoms with Crippen LogP contribution in [0.4, 0.5) is 5.69 Å². The van der Waals surface area contributed by atoms with Gasteiger partial charge in [0.1, 0.15) is 0 Å². The van der Waals surface area contributed by atoms with E-state index in [2.05, 4.69) is 31.0 Å². The molecule has 0 aromatic heterocycles. The van der Waals surface area contributed by atoms with Crippen molar-refractivity contribution in [1.82, 2.24) is 5.32 Å². The summed E-state index contributed by atoms with van der Waals surface area (Å²) in [6.45, 7) is 8.59.